The first-order valence-electron chi connectivity index (χ1n) is 9.13. The fourth-order valence-electron chi connectivity index (χ4n) is 3.51. The molecule has 1 amide bonds. The Kier molecular flexibility index (Phi) is 5.73. The Morgan fingerprint density at radius 3 is 2.21 bits per heavy atom. The minimum absolute atomic E-state index is 0.000321. The molecule has 1 aliphatic rings. The average molecular weight is 382 g/mol. The Bertz CT molecular complexity index is 900. The van der Waals surface area contributed by atoms with Crippen molar-refractivity contribution in [3.05, 3.63) is 69.3 Å². The Labute approximate surface area is 163 Å². The third kappa shape index (κ3) is 4.03. The molecule has 7 nitrogen and oxygen atoms in total. The number of nitro groups is 1. The van der Waals surface area contributed by atoms with E-state index < -0.39 is 4.92 Å². The van der Waals surface area contributed by atoms with Crippen LogP contribution in [0.4, 0.5) is 5.69 Å². The first-order chi connectivity index (χ1) is 13.4. The number of piperidine rings is 1. The van der Waals surface area contributed by atoms with Crippen molar-refractivity contribution in [1.82, 2.24) is 4.90 Å². The van der Waals surface area contributed by atoms with Crippen LogP contribution < -0.4 is 4.74 Å². The lowest BCUT2D eigenvalue weighted by molar-refractivity contribution is -0.385. The molecule has 2 aromatic rings. The number of hydrogen-bond acceptors (Lipinski definition) is 5. The lowest BCUT2D eigenvalue weighted by Gasteiger charge is -2.31. The van der Waals surface area contributed by atoms with Gasteiger partial charge in [0.2, 0.25) is 0 Å². The summed E-state index contributed by atoms with van der Waals surface area (Å²) in [6.07, 6.45) is 1.20. The minimum atomic E-state index is -0.458. The van der Waals surface area contributed by atoms with Crippen LogP contribution in [0.25, 0.3) is 0 Å². The summed E-state index contributed by atoms with van der Waals surface area (Å²) in [5.41, 5.74) is 1.54. The van der Waals surface area contributed by atoms with E-state index in [1.165, 1.54) is 12.1 Å². The molecule has 0 aliphatic carbocycles. The van der Waals surface area contributed by atoms with Gasteiger partial charge < -0.3 is 9.64 Å². The number of Topliss-reactive ketones (excluding diaryl/α,β-unsaturated/α-hetero) is 1. The molecule has 0 atom stereocenters. The van der Waals surface area contributed by atoms with E-state index in [0.29, 0.717) is 48.4 Å². The Balaban J connectivity index is 1.63. The third-order valence-electron chi connectivity index (χ3n) is 5.17. The monoisotopic (exact) mass is 382 g/mol. The number of hydrogen-bond donors (Lipinski definition) is 0. The molecule has 1 heterocycles. The van der Waals surface area contributed by atoms with Gasteiger partial charge in [-0.05, 0) is 56.2 Å². The van der Waals surface area contributed by atoms with Crippen LogP contribution in [0.2, 0.25) is 0 Å². The molecule has 0 aromatic heterocycles. The Hall–Kier alpha value is -3.22. The van der Waals surface area contributed by atoms with E-state index in [2.05, 4.69) is 0 Å². The van der Waals surface area contributed by atoms with Gasteiger partial charge in [-0.1, -0.05) is 0 Å². The van der Waals surface area contributed by atoms with Gasteiger partial charge in [-0.3, -0.25) is 19.7 Å². The maximum absolute atomic E-state index is 12.7. The zero-order valence-electron chi connectivity index (χ0n) is 15.9. The summed E-state index contributed by atoms with van der Waals surface area (Å²) in [7, 11) is 1.58. The number of methoxy groups -OCH3 is 1. The number of ketones is 1. The highest BCUT2D eigenvalue weighted by Gasteiger charge is 2.29. The van der Waals surface area contributed by atoms with E-state index in [4.69, 9.17) is 4.74 Å². The van der Waals surface area contributed by atoms with Crippen LogP contribution in [0.15, 0.2) is 42.5 Å². The van der Waals surface area contributed by atoms with Crippen LogP contribution in [0, 0.1) is 23.0 Å². The minimum Gasteiger partial charge on any atom is -0.497 e. The quantitative estimate of drug-likeness (QED) is 0.447. The van der Waals surface area contributed by atoms with Gasteiger partial charge in [-0.2, -0.15) is 0 Å². The van der Waals surface area contributed by atoms with E-state index in [9.17, 15) is 19.7 Å². The number of likely N-dealkylation sites (tertiary alicyclic amines) is 1. The van der Waals surface area contributed by atoms with Gasteiger partial charge in [0.15, 0.2) is 5.78 Å². The Morgan fingerprint density at radius 2 is 1.68 bits per heavy atom. The summed E-state index contributed by atoms with van der Waals surface area (Å²) in [6, 6.07) is 11.5. The summed E-state index contributed by atoms with van der Waals surface area (Å²) >= 11 is 0. The second kappa shape index (κ2) is 8.21. The number of carbonyl (C=O) groups excluding carboxylic acids is 2. The van der Waals surface area contributed by atoms with Gasteiger partial charge in [-0.15, -0.1) is 0 Å². The maximum atomic E-state index is 12.7. The topological polar surface area (TPSA) is 89.8 Å². The second-order valence-electron chi connectivity index (χ2n) is 6.92. The standard InChI is InChI=1S/C21H22N2O5/c1-14-13-17(5-8-19(14)23(26)27)21(25)22-11-9-16(10-12-22)20(24)15-3-6-18(28-2)7-4-15/h3-8,13,16H,9-12H2,1-2H3. The largest absolute Gasteiger partial charge is 0.497 e. The zero-order chi connectivity index (χ0) is 20.3. The van der Waals surface area contributed by atoms with Gasteiger partial charge in [0, 0.05) is 41.8 Å². The molecule has 1 fully saturated rings. The van der Waals surface area contributed by atoms with Crippen molar-refractivity contribution in [3.8, 4) is 5.75 Å². The van der Waals surface area contributed by atoms with E-state index in [-0.39, 0.29) is 23.3 Å². The molecule has 0 bridgehead atoms. The van der Waals surface area contributed by atoms with Crippen LogP contribution in [-0.2, 0) is 0 Å². The van der Waals surface area contributed by atoms with E-state index >= 15 is 0 Å². The van der Waals surface area contributed by atoms with E-state index in [1.54, 1.807) is 49.3 Å². The predicted octanol–water partition coefficient (Wildman–Crippen LogP) is 3.65. The summed E-state index contributed by atoms with van der Waals surface area (Å²) in [6.45, 7) is 2.59. The molecule has 0 spiro atoms. The van der Waals surface area contributed by atoms with Crippen molar-refractivity contribution in [2.75, 3.05) is 20.2 Å². The number of amides is 1. The number of nitro benzene ring substituents is 1. The molecule has 28 heavy (non-hydrogen) atoms. The molecule has 0 N–H and O–H groups in total. The normalized spacial score (nSPS) is 14.6. The van der Waals surface area contributed by atoms with Gasteiger partial charge in [0.25, 0.3) is 11.6 Å². The van der Waals surface area contributed by atoms with E-state index in [0.717, 1.165) is 0 Å². The number of carbonyl (C=O) groups is 2. The van der Waals surface area contributed by atoms with Crippen LogP contribution in [0.3, 0.4) is 0 Å². The van der Waals surface area contributed by atoms with Gasteiger partial charge in [-0.25, -0.2) is 0 Å². The predicted molar refractivity (Wildman–Crippen MR) is 104 cm³/mol. The van der Waals surface area contributed by atoms with Gasteiger partial charge >= 0.3 is 0 Å². The molecule has 7 heteroatoms. The molecule has 1 aliphatic heterocycles. The molecule has 146 valence electrons. The molecular weight excluding hydrogens is 360 g/mol. The van der Waals surface area contributed by atoms with Gasteiger partial charge in [0.1, 0.15) is 5.75 Å². The molecule has 0 saturated carbocycles. The molecule has 0 radical (unpaired) electrons. The number of ether oxygens (including phenoxy) is 1. The maximum Gasteiger partial charge on any atom is 0.272 e. The SMILES string of the molecule is COc1ccc(C(=O)C2CCN(C(=O)c3ccc([N+](=O)[O-])c(C)c3)CC2)cc1. The third-order valence-corrected chi connectivity index (χ3v) is 5.17. The lowest BCUT2D eigenvalue weighted by atomic mass is 9.88. The molecular formula is C21H22N2O5. The van der Waals surface area contributed by atoms with Gasteiger partial charge in [0.05, 0.1) is 12.0 Å². The summed E-state index contributed by atoms with van der Waals surface area (Å²) in [4.78, 5) is 37.6. The highest BCUT2D eigenvalue weighted by Crippen LogP contribution is 2.25. The van der Waals surface area contributed by atoms with Crippen molar-refractivity contribution in [2.24, 2.45) is 5.92 Å². The number of nitrogens with zero attached hydrogens (tertiary/aromatic N) is 2. The van der Waals surface area contributed by atoms with Crippen molar-refractivity contribution >= 4 is 17.4 Å². The summed E-state index contributed by atoms with van der Waals surface area (Å²) in [5, 5.41) is 10.9. The Morgan fingerprint density at radius 1 is 1.07 bits per heavy atom. The summed E-state index contributed by atoms with van der Waals surface area (Å²) < 4.78 is 5.11. The van der Waals surface area contributed by atoms with Crippen molar-refractivity contribution in [3.63, 3.8) is 0 Å². The summed E-state index contributed by atoms with van der Waals surface area (Å²) in [5.74, 6) is 0.515. The van der Waals surface area contributed by atoms with Crippen LogP contribution in [-0.4, -0.2) is 41.7 Å². The van der Waals surface area contributed by atoms with Crippen molar-refractivity contribution < 1.29 is 19.2 Å². The fourth-order valence-corrected chi connectivity index (χ4v) is 3.51. The molecule has 2 aromatic carbocycles. The van der Waals surface area contributed by atoms with Crippen LogP contribution in [0.1, 0.15) is 39.1 Å². The number of rotatable bonds is 5. The second-order valence-corrected chi connectivity index (χ2v) is 6.92. The highest BCUT2D eigenvalue weighted by atomic mass is 16.6. The fraction of sp³-hybridized carbons (Fsp3) is 0.333. The van der Waals surface area contributed by atoms with Crippen LogP contribution >= 0.6 is 0 Å². The van der Waals surface area contributed by atoms with Crippen molar-refractivity contribution in [2.45, 2.75) is 19.8 Å². The number of benzene rings is 2. The van der Waals surface area contributed by atoms with Crippen LogP contribution in [0.5, 0.6) is 5.75 Å². The molecule has 3 rings (SSSR count). The number of aryl methyl sites for hydroxylation is 1. The van der Waals surface area contributed by atoms with E-state index in [1.807, 2.05) is 0 Å². The smallest absolute Gasteiger partial charge is 0.272 e. The lowest BCUT2D eigenvalue weighted by Crippen LogP contribution is -2.40. The first kappa shape index (κ1) is 19.5. The van der Waals surface area contributed by atoms with Crippen molar-refractivity contribution in [1.29, 1.82) is 0 Å². The molecule has 0 unspecified atom stereocenters. The zero-order valence-corrected chi connectivity index (χ0v) is 15.9. The molecule has 1 saturated heterocycles. The first-order valence-corrected chi connectivity index (χ1v) is 9.13. The average Bonchev–Trinajstić information content (AvgIpc) is 2.72. The highest BCUT2D eigenvalue weighted by molar-refractivity contribution is 5.98.